The summed E-state index contributed by atoms with van der Waals surface area (Å²) in [5.74, 6) is 0.498. The van der Waals surface area contributed by atoms with Crippen molar-refractivity contribution in [1.82, 2.24) is 5.32 Å². The van der Waals surface area contributed by atoms with Gasteiger partial charge in [0.05, 0.1) is 20.6 Å². The van der Waals surface area contributed by atoms with E-state index in [1.807, 2.05) is 0 Å². The predicted molar refractivity (Wildman–Crippen MR) is 111 cm³/mol. The predicted octanol–water partition coefficient (Wildman–Crippen LogP) is 6.28. The van der Waals surface area contributed by atoms with E-state index in [0.29, 0.717) is 37.3 Å². The monoisotopic (exact) mass is 432 g/mol. The molecule has 0 saturated carbocycles. The number of hydrogen-bond donors (Lipinski definition) is 1. The molecule has 1 N–H and O–H groups in total. The zero-order valence-corrected chi connectivity index (χ0v) is 16.4. The topological polar surface area (TPSA) is 54.6 Å². The maximum absolute atomic E-state index is 13.0. The third-order valence-corrected chi connectivity index (χ3v) is 5.46. The molecule has 2 aromatic carbocycles. The maximum Gasteiger partial charge on any atom is 0.264 e. The van der Waals surface area contributed by atoms with Gasteiger partial charge in [0, 0.05) is 11.6 Å². The highest BCUT2D eigenvalue weighted by atomic mass is 35.5. The molecule has 0 spiro atoms. The number of amides is 1. The molecule has 0 bridgehead atoms. The number of rotatable bonds is 3. The van der Waals surface area contributed by atoms with E-state index in [0.717, 1.165) is 5.56 Å². The van der Waals surface area contributed by atoms with Gasteiger partial charge in [-0.15, -0.1) is 0 Å². The number of amidine groups is 1. The molecule has 1 amide bonds. The van der Waals surface area contributed by atoms with Crippen LogP contribution in [-0.2, 0) is 4.79 Å². The van der Waals surface area contributed by atoms with Crippen molar-refractivity contribution in [3.8, 4) is 11.3 Å². The third kappa shape index (κ3) is 4.14. The molecule has 1 saturated heterocycles. The second-order valence-corrected chi connectivity index (χ2v) is 7.63. The number of hydrogen-bond acceptors (Lipinski definition) is 4. The van der Waals surface area contributed by atoms with Crippen LogP contribution in [0.1, 0.15) is 5.76 Å². The van der Waals surface area contributed by atoms with Gasteiger partial charge in [0.25, 0.3) is 5.91 Å². The van der Waals surface area contributed by atoms with Gasteiger partial charge < -0.3 is 9.73 Å². The van der Waals surface area contributed by atoms with Crippen LogP contribution in [0.15, 0.2) is 68.9 Å². The van der Waals surface area contributed by atoms with Crippen molar-refractivity contribution in [2.24, 2.45) is 4.99 Å². The van der Waals surface area contributed by atoms with Crippen LogP contribution in [0.25, 0.3) is 17.4 Å². The fourth-order valence-corrected chi connectivity index (χ4v) is 3.60. The fraction of sp³-hybridized carbons (Fsp3) is 0. The summed E-state index contributed by atoms with van der Waals surface area (Å²) in [5, 5.41) is 3.99. The summed E-state index contributed by atoms with van der Waals surface area (Å²) in [7, 11) is 0. The molecule has 0 unspecified atom stereocenters. The lowest BCUT2D eigenvalue weighted by Crippen LogP contribution is -2.19. The second-order valence-electron chi connectivity index (χ2n) is 5.79. The molecule has 1 fully saturated rings. The normalized spacial score (nSPS) is 16.8. The number of thioether (sulfide) groups is 1. The van der Waals surface area contributed by atoms with Gasteiger partial charge in [-0.3, -0.25) is 4.79 Å². The first-order valence-electron chi connectivity index (χ1n) is 8.08. The highest BCUT2D eigenvalue weighted by molar-refractivity contribution is 8.18. The summed E-state index contributed by atoms with van der Waals surface area (Å²) in [6.07, 6.45) is 1.63. The number of nitrogens with zero attached hydrogens (tertiary/aromatic N) is 1. The minimum Gasteiger partial charge on any atom is -0.457 e. The molecule has 140 valence electrons. The summed E-state index contributed by atoms with van der Waals surface area (Å²) < 4.78 is 18.8. The zero-order chi connectivity index (χ0) is 19.7. The molecular weight excluding hydrogens is 422 g/mol. The number of halogens is 3. The summed E-state index contributed by atoms with van der Waals surface area (Å²) in [5.41, 5.74) is 1.33. The van der Waals surface area contributed by atoms with Gasteiger partial charge in [-0.2, -0.15) is 0 Å². The smallest absolute Gasteiger partial charge is 0.264 e. The number of benzene rings is 2. The van der Waals surface area contributed by atoms with Gasteiger partial charge in [-0.25, -0.2) is 9.38 Å². The summed E-state index contributed by atoms with van der Waals surface area (Å²) in [6.45, 7) is 0. The Morgan fingerprint density at radius 2 is 1.82 bits per heavy atom. The van der Waals surface area contributed by atoms with Crippen molar-refractivity contribution in [1.29, 1.82) is 0 Å². The standard InChI is InChI=1S/C20H11Cl2FN2O2S/c21-15-7-1-11(9-16(15)22)17-8-6-14(27-17)10-18-19(26)25-20(28-18)24-13-4-2-12(23)3-5-13/h1-10H,(H,24,25,26)/b18-10-. The second kappa shape index (κ2) is 7.83. The number of furan rings is 1. The Morgan fingerprint density at radius 3 is 2.57 bits per heavy atom. The van der Waals surface area contributed by atoms with Gasteiger partial charge in [-0.1, -0.05) is 23.2 Å². The first kappa shape index (κ1) is 18.8. The van der Waals surface area contributed by atoms with Crippen molar-refractivity contribution in [3.63, 3.8) is 0 Å². The highest BCUT2D eigenvalue weighted by Crippen LogP contribution is 2.32. The van der Waals surface area contributed by atoms with E-state index in [2.05, 4.69) is 10.3 Å². The van der Waals surface area contributed by atoms with Crippen LogP contribution < -0.4 is 5.32 Å². The number of carbonyl (C=O) groups is 1. The minimum absolute atomic E-state index is 0.279. The quantitative estimate of drug-likeness (QED) is 0.495. The van der Waals surface area contributed by atoms with Crippen LogP contribution >= 0.6 is 35.0 Å². The van der Waals surface area contributed by atoms with E-state index in [-0.39, 0.29) is 11.7 Å². The lowest BCUT2D eigenvalue weighted by atomic mass is 10.2. The Labute approximate surface area is 174 Å². The van der Waals surface area contributed by atoms with Crippen LogP contribution in [0, 0.1) is 5.82 Å². The molecule has 4 rings (SSSR count). The van der Waals surface area contributed by atoms with E-state index in [4.69, 9.17) is 27.6 Å². The van der Waals surface area contributed by atoms with E-state index in [9.17, 15) is 9.18 Å². The van der Waals surface area contributed by atoms with Gasteiger partial charge >= 0.3 is 0 Å². The van der Waals surface area contributed by atoms with Crippen molar-refractivity contribution < 1.29 is 13.6 Å². The Balaban J connectivity index is 1.54. The number of carbonyl (C=O) groups excluding carboxylic acids is 1. The van der Waals surface area contributed by atoms with Crippen LogP contribution in [-0.4, -0.2) is 11.1 Å². The molecule has 28 heavy (non-hydrogen) atoms. The molecule has 4 nitrogen and oxygen atoms in total. The van der Waals surface area contributed by atoms with Gasteiger partial charge in [0.1, 0.15) is 17.3 Å². The molecule has 0 aliphatic carbocycles. The van der Waals surface area contributed by atoms with Crippen LogP contribution in [0.5, 0.6) is 0 Å². The molecule has 1 aromatic heterocycles. The van der Waals surface area contributed by atoms with Crippen LogP contribution in [0.4, 0.5) is 10.1 Å². The first-order valence-corrected chi connectivity index (χ1v) is 9.65. The lowest BCUT2D eigenvalue weighted by Gasteiger charge is -1.99. The van der Waals surface area contributed by atoms with Crippen molar-refractivity contribution in [3.05, 3.63) is 81.1 Å². The van der Waals surface area contributed by atoms with Crippen molar-refractivity contribution in [2.75, 3.05) is 0 Å². The number of nitrogens with one attached hydrogen (secondary N) is 1. The van der Waals surface area contributed by atoms with Crippen molar-refractivity contribution in [2.45, 2.75) is 0 Å². The highest BCUT2D eigenvalue weighted by Gasteiger charge is 2.24. The van der Waals surface area contributed by atoms with Crippen molar-refractivity contribution >= 4 is 57.8 Å². The van der Waals surface area contributed by atoms with Gasteiger partial charge in [0.15, 0.2) is 5.17 Å². The van der Waals surface area contributed by atoms with E-state index in [1.54, 1.807) is 36.4 Å². The summed E-state index contributed by atoms with van der Waals surface area (Å²) in [4.78, 5) is 16.9. The molecule has 8 heteroatoms. The first-order chi connectivity index (χ1) is 13.5. The fourth-order valence-electron chi connectivity index (χ4n) is 2.48. The van der Waals surface area contributed by atoms with E-state index < -0.39 is 0 Å². The zero-order valence-electron chi connectivity index (χ0n) is 14.1. The largest absolute Gasteiger partial charge is 0.457 e. The Bertz CT molecular complexity index is 1120. The molecule has 1 aliphatic heterocycles. The average molecular weight is 433 g/mol. The summed E-state index contributed by atoms with van der Waals surface area (Å²) >= 11 is 13.2. The SMILES string of the molecule is O=C1NC(=Nc2ccc(F)cc2)S/C1=C\c1ccc(-c2ccc(Cl)c(Cl)c2)o1. The third-order valence-electron chi connectivity index (χ3n) is 3.81. The molecule has 2 heterocycles. The minimum atomic E-state index is -0.344. The maximum atomic E-state index is 13.0. The Kier molecular flexibility index (Phi) is 5.26. The Morgan fingerprint density at radius 1 is 1.04 bits per heavy atom. The molecule has 3 aromatic rings. The molecular formula is C20H11Cl2FN2O2S. The molecule has 1 aliphatic rings. The van der Waals surface area contributed by atoms with Gasteiger partial charge in [-0.05, 0) is 66.4 Å². The van der Waals surface area contributed by atoms with Gasteiger partial charge in [0.2, 0.25) is 0 Å². The molecule has 0 radical (unpaired) electrons. The average Bonchev–Trinajstić information content (AvgIpc) is 3.27. The van der Waals surface area contributed by atoms with Crippen LogP contribution in [0.3, 0.4) is 0 Å². The van der Waals surface area contributed by atoms with E-state index in [1.165, 1.54) is 36.0 Å². The summed E-state index contributed by atoms with van der Waals surface area (Å²) in [6, 6.07) is 14.4. The van der Waals surface area contributed by atoms with E-state index >= 15 is 0 Å². The molecule has 0 atom stereocenters. The number of aliphatic imine (C=N–C) groups is 1. The van der Waals surface area contributed by atoms with Crippen LogP contribution in [0.2, 0.25) is 10.0 Å². The lowest BCUT2D eigenvalue weighted by molar-refractivity contribution is -0.115. The Hall–Kier alpha value is -2.54.